The fourth-order valence-electron chi connectivity index (χ4n) is 8.30. The minimum atomic E-state index is -1.83. The maximum Gasteiger partial charge on any atom is 0.316 e. The predicted molar refractivity (Wildman–Crippen MR) is 220 cm³/mol. The summed E-state index contributed by atoms with van der Waals surface area (Å²) in [5.41, 5.74) is -1.78. The number of hydrogen-bond donors (Lipinski definition) is 2. The van der Waals surface area contributed by atoms with Gasteiger partial charge < -0.3 is 43.6 Å². The summed E-state index contributed by atoms with van der Waals surface area (Å²) in [4.78, 5) is 58.1. The number of fused-ring (bicyclic) bond motifs is 5. The maximum atomic E-state index is 14.5. The van der Waals surface area contributed by atoms with Gasteiger partial charge in [-0.15, -0.1) is 0 Å². The van der Waals surface area contributed by atoms with Crippen molar-refractivity contribution in [1.82, 2.24) is 19.7 Å². The number of cyclic esters (lactones) is 1. The number of pyridine rings is 1. The van der Waals surface area contributed by atoms with Crippen molar-refractivity contribution in [2.75, 3.05) is 27.3 Å². The fourth-order valence-corrected chi connectivity index (χ4v) is 8.30. The Morgan fingerprint density at radius 1 is 1.12 bits per heavy atom. The van der Waals surface area contributed by atoms with Crippen LogP contribution in [0.25, 0.3) is 5.82 Å². The molecular formula is C43H64N6O11. The van der Waals surface area contributed by atoms with Gasteiger partial charge in [0.25, 0.3) is 0 Å². The summed E-state index contributed by atoms with van der Waals surface area (Å²) < 4.78 is 34.0. The van der Waals surface area contributed by atoms with Gasteiger partial charge in [0.1, 0.15) is 36.0 Å². The van der Waals surface area contributed by atoms with Gasteiger partial charge in [-0.05, 0) is 79.1 Å². The van der Waals surface area contributed by atoms with E-state index in [0.717, 1.165) is 5.56 Å². The Morgan fingerprint density at radius 3 is 2.50 bits per heavy atom. The molecule has 1 amide bonds. The van der Waals surface area contributed by atoms with Gasteiger partial charge in [-0.1, -0.05) is 38.9 Å². The summed E-state index contributed by atoms with van der Waals surface area (Å²) in [5.74, 6) is -3.85. The normalized spacial score (nSPS) is 36.4. The van der Waals surface area contributed by atoms with Crippen LogP contribution in [-0.4, -0.2) is 140 Å². The van der Waals surface area contributed by atoms with Crippen molar-refractivity contribution in [1.29, 1.82) is 0 Å². The number of carbonyl (C=O) groups excluding carboxylic acids is 3. The number of ether oxygens (including phenoxy) is 5. The quantitative estimate of drug-likeness (QED) is 0.209. The Kier molecular flexibility index (Phi) is 15.9. The maximum absolute atomic E-state index is 14.5. The monoisotopic (exact) mass is 840 g/mol. The molecule has 2 N–H and O–H groups in total. The first-order valence-corrected chi connectivity index (χ1v) is 21.0. The average molecular weight is 841 g/mol. The van der Waals surface area contributed by atoms with Crippen molar-refractivity contribution >= 4 is 29.1 Å². The van der Waals surface area contributed by atoms with Gasteiger partial charge in [-0.25, -0.2) is 14.7 Å². The Labute approximate surface area is 352 Å². The number of oxime groups is 1. The van der Waals surface area contributed by atoms with Gasteiger partial charge in [0, 0.05) is 54.7 Å². The summed E-state index contributed by atoms with van der Waals surface area (Å²) in [6.07, 6.45) is 0.174. The number of esters is 1. The van der Waals surface area contributed by atoms with Crippen LogP contribution in [0.1, 0.15) is 93.1 Å². The second kappa shape index (κ2) is 20.3. The zero-order valence-electron chi connectivity index (χ0n) is 36.6. The number of aromatic nitrogens is 3. The van der Waals surface area contributed by atoms with Crippen LogP contribution in [0.4, 0.5) is 0 Å². The molecule has 0 saturated carbocycles. The summed E-state index contributed by atoms with van der Waals surface area (Å²) >= 11 is 0. The van der Waals surface area contributed by atoms with Crippen LogP contribution in [0.3, 0.4) is 0 Å². The van der Waals surface area contributed by atoms with E-state index < -0.39 is 71.4 Å². The van der Waals surface area contributed by atoms with E-state index >= 15 is 0 Å². The smallest absolute Gasteiger partial charge is 0.316 e. The third-order valence-corrected chi connectivity index (χ3v) is 12.0. The van der Waals surface area contributed by atoms with Crippen molar-refractivity contribution in [2.45, 2.75) is 148 Å². The minimum Gasteiger partial charge on any atom is -0.459 e. The first-order valence-electron chi connectivity index (χ1n) is 21.0. The molecule has 3 aliphatic rings. The summed E-state index contributed by atoms with van der Waals surface area (Å²) in [5, 5.41) is 32.6. The van der Waals surface area contributed by atoms with Gasteiger partial charge in [-0.3, -0.25) is 14.4 Å². The molecule has 0 aromatic carbocycles. The number of ketones is 1. The lowest BCUT2D eigenvalue weighted by Gasteiger charge is -2.47. The largest absolute Gasteiger partial charge is 0.459 e. The molecule has 0 radical (unpaired) electrons. The summed E-state index contributed by atoms with van der Waals surface area (Å²) in [7, 11) is 3.73. The molecule has 2 aromatic heterocycles. The topological polar surface area (TPSA) is 206 Å². The number of rotatable bonds is 9. The number of likely N-dealkylation sites (N-methyl/N-ethyl adjacent to an activating group) is 1. The highest BCUT2D eigenvalue weighted by Crippen LogP contribution is 2.39. The molecule has 2 aromatic rings. The number of aliphatic hydroxyl groups excluding tert-OH is 1. The highest BCUT2D eigenvalue weighted by atomic mass is 16.7. The molecule has 0 unspecified atom stereocenters. The summed E-state index contributed by atoms with van der Waals surface area (Å²) in [6.45, 7) is 13.3. The lowest BCUT2D eigenvalue weighted by Crippen LogP contribution is -2.59. The highest BCUT2D eigenvalue weighted by Gasteiger charge is 2.51. The van der Waals surface area contributed by atoms with Crippen molar-refractivity contribution in [2.24, 2.45) is 27.9 Å². The molecule has 2 bridgehead atoms. The molecule has 17 nitrogen and oxygen atoms in total. The first-order chi connectivity index (χ1) is 28.4. The first kappa shape index (κ1) is 47.1. The molecule has 5 heterocycles. The zero-order chi connectivity index (χ0) is 43.9. The molecule has 3 saturated heterocycles. The minimum absolute atomic E-state index is 0.0194. The lowest BCUT2D eigenvalue weighted by atomic mass is 9.76. The second-order valence-corrected chi connectivity index (χ2v) is 17.1. The second-order valence-electron chi connectivity index (χ2n) is 17.1. The third kappa shape index (κ3) is 11.1. The van der Waals surface area contributed by atoms with Crippen molar-refractivity contribution < 1.29 is 53.1 Å². The van der Waals surface area contributed by atoms with Crippen LogP contribution in [-0.2, 0) is 49.5 Å². The molecule has 12 atom stereocenters. The van der Waals surface area contributed by atoms with E-state index in [1.165, 1.54) is 13.8 Å². The van der Waals surface area contributed by atoms with E-state index in [4.69, 9.17) is 28.5 Å². The Hall–Kier alpha value is -3.97. The van der Waals surface area contributed by atoms with Crippen LogP contribution in [0.15, 0.2) is 46.9 Å². The van der Waals surface area contributed by atoms with E-state index in [0.29, 0.717) is 23.7 Å². The molecule has 3 aliphatic heterocycles. The number of carbonyl (C=O) groups is 3. The number of aliphatic hydroxyl groups is 2. The molecule has 60 heavy (non-hydrogen) atoms. The van der Waals surface area contributed by atoms with Crippen LogP contribution >= 0.6 is 0 Å². The van der Waals surface area contributed by atoms with E-state index in [1.807, 2.05) is 38.9 Å². The van der Waals surface area contributed by atoms with Gasteiger partial charge in [0.05, 0.1) is 37.1 Å². The van der Waals surface area contributed by atoms with E-state index in [-0.39, 0.29) is 63.6 Å². The Bertz CT molecular complexity index is 1820. The van der Waals surface area contributed by atoms with Crippen molar-refractivity contribution in [3.8, 4) is 5.82 Å². The Morgan fingerprint density at radius 2 is 1.87 bits per heavy atom. The molecular weight excluding hydrogens is 777 g/mol. The predicted octanol–water partition coefficient (Wildman–Crippen LogP) is 3.85. The number of aliphatic imine (C=N–C) groups is 1. The average Bonchev–Trinajstić information content (AvgIpc) is 3.76. The van der Waals surface area contributed by atoms with Gasteiger partial charge in [0.15, 0.2) is 17.9 Å². The molecule has 0 aliphatic carbocycles. The zero-order valence-corrected chi connectivity index (χ0v) is 36.6. The highest BCUT2D eigenvalue weighted by molar-refractivity contribution is 6.00. The van der Waals surface area contributed by atoms with Crippen molar-refractivity contribution in [3.05, 3.63) is 42.4 Å². The Balaban J connectivity index is 1.62. The molecule has 0 spiro atoms. The molecule has 17 heteroatoms. The van der Waals surface area contributed by atoms with Crippen LogP contribution in [0, 0.1) is 17.8 Å². The molecule has 5 rings (SSSR count). The third-order valence-electron chi connectivity index (χ3n) is 12.0. The van der Waals surface area contributed by atoms with Gasteiger partial charge in [0.2, 0.25) is 5.91 Å². The van der Waals surface area contributed by atoms with E-state index in [2.05, 4.69) is 20.2 Å². The van der Waals surface area contributed by atoms with Gasteiger partial charge >= 0.3 is 5.97 Å². The summed E-state index contributed by atoms with van der Waals surface area (Å²) in [6, 6.07) is 5.13. The van der Waals surface area contributed by atoms with Gasteiger partial charge in [-0.2, -0.15) is 5.10 Å². The van der Waals surface area contributed by atoms with Crippen molar-refractivity contribution in [3.63, 3.8) is 0 Å². The number of nitrogens with zero attached hydrogens (tertiary/aromatic N) is 6. The molecule has 3 fully saturated rings. The number of amides is 1. The number of hydrogen-bond acceptors (Lipinski definition) is 15. The fraction of sp³-hybridized carbons (Fsp3) is 0.698. The van der Waals surface area contributed by atoms with E-state index in [9.17, 15) is 24.6 Å². The van der Waals surface area contributed by atoms with Crippen LogP contribution in [0.2, 0.25) is 0 Å². The van der Waals surface area contributed by atoms with Crippen LogP contribution < -0.4 is 0 Å². The molecule has 332 valence electrons. The van der Waals surface area contributed by atoms with Crippen LogP contribution in [0.5, 0.6) is 0 Å². The SMILES string of the molecule is CCC(=O)N=C1C[C@@H]2OC/C(=N/OCc3ccc(-n4cccn4)nc3)CO[C@](C)(C[C@H]1C)[C@H](O[C@@H]1O[C@H](C)C[C@H](N(C)C)[C@H]1O)[C@@H](C)C(=O)[C@@H](C)C(=O)O[C@@H](CC)[C@@]2(C)O. The lowest BCUT2D eigenvalue weighted by molar-refractivity contribution is -0.296. The number of Topliss-reactive ketones (excluding diaryl/α,β-unsaturated/α-hetero) is 1. The van der Waals surface area contributed by atoms with E-state index in [1.54, 1.807) is 63.1 Å². The standard InChI is InChI=1S/C43H64N6O11/c1-11-33-43(8,54)34-19-31(46-36(50)12-2)25(3)20-42(7,56-24-30(23-55-34)47-57-22-29-14-15-35(44-21-29)49-17-13-16-45-49)39(27(5)37(51)28(6)40(53)59-33)60-41-38(52)32(48(9)10)18-26(4)58-41/h13-17,21,25-28,32-34,38-39,41,52,54H,11-12,18-20,22-24H2,1-10H3/b46-31?,47-30-/t25-,26-,27+,28-,32+,33+,34+,38-,39-,41+,42-,43-/m1/s1.